The second-order valence-electron chi connectivity index (χ2n) is 4.44. The van der Waals surface area contributed by atoms with Crippen molar-refractivity contribution < 1.29 is 17.6 Å². The maximum Gasteiger partial charge on any atom is 0.287 e. The third-order valence-electron chi connectivity index (χ3n) is 2.92. The molecule has 21 heavy (non-hydrogen) atoms. The Morgan fingerprint density at radius 3 is 2.33 bits per heavy atom. The van der Waals surface area contributed by atoms with Crippen LogP contribution in [0.25, 0.3) is 0 Å². The van der Waals surface area contributed by atoms with Crippen LogP contribution in [0, 0.1) is 6.92 Å². The SMILES string of the molecule is CNS(=O)(=O)c1ccc(CNC(=O)c2ccc(C)o2)cc1. The lowest BCUT2D eigenvalue weighted by Gasteiger charge is -2.06. The second-order valence-corrected chi connectivity index (χ2v) is 6.33. The molecule has 0 atom stereocenters. The van der Waals surface area contributed by atoms with Crippen molar-refractivity contribution in [1.29, 1.82) is 0 Å². The van der Waals surface area contributed by atoms with Crippen molar-refractivity contribution in [3.63, 3.8) is 0 Å². The molecule has 2 rings (SSSR count). The molecule has 0 saturated heterocycles. The topological polar surface area (TPSA) is 88.4 Å². The molecule has 0 aliphatic heterocycles. The van der Waals surface area contributed by atoms with Crippen molar-refractivity contribution in [1.82, 2.24) is 10.0 Å². The average Bonchev–Trinajstić information content (AvgIpc) is 2.92. The van der Waals surface area contributed by atoms with Crippen LogP contribution in [0.1, 0.15) is 21.9 Å². The van der Waals surface area contributed by atoms with Crippen molar-refractivity contribution in [3.8, 4) is 0 Å². The van der Waals surface area contributed by atoms with Gasteiger partial charge in [-0.05, 0) is 43.8 Å². The van der Waals surface area contributed by atoms with Crippen LogP contribution in [-0.2, 0) is 16.6 Å². The first-order valence-corrected chi connectivity index (χ1v) is 7.78. The molecule has 0 saturated carbocycles. The van der Waals surface area contributed by atoms with Gasteiger partial charge in [-0.1, -0.05) is 12.1 Å². The number of hydrogen-bond acceptors (Lipinski definition) is 4. The van der Waals surface area contributed by atoms with Crippen LogP contribution in [-0.4, -0.2) is 21.4 Å². The molecular weight excluding hydrogens is 292 g/mol. The molecule has 0 aliphatic carbocycles. The first-order valence-electron chi connectivity index (χ1n) is 6.29. The van der Waals surface area contributed by atoms with Crippen LogP contribution in [0.5, 0.6) is 0 Å². The summed E-state index contributed by atoms with van der Waals surface area (Å²) in [5.74, 6) is 0.610. The molecule has 2 aromatic rings. The van der Waals surface area contributed by atoms with Gasteiger partial charge in [0, 0.05) is 6.54 Å². The molecule has 2 N–H and O–H groups in total. The number of nitrogens with one attached hydrogen (secondary N) is 2. The summed E-state index contributed by atoms with van der Waals surface area (Å²) in [4.78, 5) is 12.0. The molecule has 0 spiro atoms. The maximum absolute atomic E-state index is 11.8. The van der Waals surface area contributed by atoms with Crippen LogP contribution in [0.3, 0.4) is 0 Å². The highest BCUT2D eigenvalue weighted by Gasteiger charge is 2.12. The molecule has 0 radical (unpaired) electrons. The van der Waals surface area contributed by atoms with Crippen molar-refractivity contribution in [2.75, 3.05) is 7.05 Å². The highest BCUT2D eigenvalue weighted by Crippen LogP contribution is 2.11. The van der Waals surface area contributed by atoms with Gasteiger partial charge in [0.25, 0.3) is 5.91 Å². The van der Waals surface area contributed by atoms with Crippen molar-refractivity contribution in [2.24, 2.45) is 0 Å². The number of hydrogen-bond donors (Lipinski definition) is 2. The van der Waals surface area contributed by atoms with Gasteiger partial charge < -0.3 is 9.73 Å². The molecule has 6 nitrogen and oxygen atoms in total. The fraction of sp³-hybridized carbons (Fsp3) is 0.214. The lowest BCUT2D eigenvalue weighted by atomic mass is 10.2. The molecule has 0 aliphatic rings. The maximum atomic E-state index is 11.8. The standard InChI is InChI=1S/C14H16N2O4S/c1-10-3-8-13(20-10)14(17)16-9-11-4-6-12(7-5-11)21(18,19)15-2/h3-8,15H,9H2,1-2H3,(H,16,17). The molecule has 112 valence electrons. The van der Waals surface area contributed by atoms with Crippen molar-refractivity contribution in [3.05, 3.63) is 53.5 Å². The molecule has 0 fully saturated rings. The predicted octanol–water partition coefficient (Wildman–Crippen LogP) is 1.43. The summed E-state index contributed by atoms with van der Waals surface area (Å²) in [6.07, 6.45) is 0. The minimum atomic E-state index is -3.44. The summed E-state index contributed by atoms with van der Waals surface area (Å²) in [5, 5.41) is 2.70. The predicted molar refractivity (Wildman–Crippen MR) is 77.3 cm³/mol. The number of rotatable bonds is 5. The number of sulfonamides is 1. The quantitative estimate of drug-likeness (QED) is 0.874. The Morgan fingerprint density at radius 1 is 1.14 bits per heavy atom. The van der Waals surface area contributed by atoms with Crippen LogP contribution < -0.4 is 10.0 Å². The molecule has 1 amide bonds. The fourth-order valence-electron chi connectivity index (χ4n) is 1.73. The number of carbonyl (C=O) groups is 1. The van der Waals surface area contributed by atoms with Crippen LogP contribution in [0.4, 0.5) is 0 Å². The number of benzene rings is 1. The van der Waals surface area contributed by atoms with E-state index >= 15 is 0 Å². The van der Waals surface area contributed by atoms with E-state index in [1.165, 1.54) is 19.2 Å². The third kappa shape index (κ3) is 3.71. The molecule has 1 heterocycles. The van der Waals surface area contributed by atoms with Gasteiger partial charge >= 0.3 is 0 Å². The Bertz CT molecular complexity index is 733. The number of furan rings is 1. The lowest BCUT2D eigenvalue weighted by Crippen LogP contribution is -2.22. The van der Waals surface area contributed by atoms with E-state index in [4.69, 9.17) is 4.42 Å². The average molecular weight is 308 g/mol. The number of amides is 1. The Labute approximate surface area is 123 Å². The van der Waals surface area contributed by atoms with Crippen molar-refractivity contribution >= 4 is 15.9 Å². The summed E-state index contributed by atoms with van der Waals surface area (Å²) >= 11 is 0. The van der Waals surface area contributed by atoms with E-state index in [0.29, 0.717) is 12.3 Å². The van der Waals surface area contributed by atoms with Gasteiger partial charge in [0.05, 0.1) is 4.90 Å². The lowest BCUT2D eigenvalue weighted by molar-refractivity contribution is 0.0922. The first kappa shape index (κ1) is 15.3. The number of aryl methyl sites for hydroxylation is 1. The molecule has 0 unspecified atom stereocenters. The van der Waals surface area contributed by atoms with Gasteiger partial charge in [-0.15, -0.1) is 0 Å². The van der Waals surface area contributed by atoms with Crippen LogP contribution in [0.15, 0.2) is 45.7 Å². The van der Waals surface area contributed by atoms with Gasteiger partial charge in [-0.2, -0.15) is 0 Å². The van der Waals surface area contributed by atoms with E-state index in [1.807, 2.05) is 0 Å². The van der Waals surface area contributed by atoms with Gasteiger partial charge in [0.2, 0.25) is 10.0 Å². The third-order valence-corrected chi connectivity index (χ3v) is 4.35. The van der Waals surface area contributed by atoms with E-state index in [1.54, 1.807) is 31.2 Å². The second kappa shape index (κ2) is 6.11. The first-order chi connectivity index (χ1) is 9.92. The van der Waals surface area contributed by atoms with E-state index in [2.05, 4.69) is 10.0 Å². The summed E-state index contributed by atoms with van der Waals surface area (Å²) < 4.78 is 30.6. The van der Waals surface area contributed by atoms with E-state index in [0.717, 1.165) is 5.56 Å². The zero-order chi connectivity index (χ0) is 15.5. The Hall–Kier alpha value is -2.12. The highest BCUT2D eigenvalue weighted by atomic mass is 32.2. The smallest absolute Gasteiger partial charge is 0.287 e. The van der Waals surface area contributed by atoms with Gasteiger partial charge in [0.15, 0.2) is 5.76 Å². The molecule has 1 aromatic carbocycles. The van der Waals surface area contributed by atoms with E-state index in [9.17, 15) is 13.2 Å². The summed E-state index contributed by atoms with van der Waals surface area (Å²) in [6, 6.07) is 9.60. The van der Waals surface area contributed by atoms with Crippen molar-refractivity contribution in [2.45, 2.75) is 18.4 Å². The number of carbonyl (C=O) groups excluding carboxylic acids is 1. The summed E-state index contributed by atoms with van der Waals surface area (Å²) in [5.41, 5.74) is 0.793. The summed E-state index contributed by atoms with van der Waals surface area (Å²) in [6.45, 7) is 2.05. The van der Waals surface area contributed by atoms with Crippen LogP contribution >= 0.6 is 0 Å². The minimum absolute atomic E-state index is 0.182. The monoisotopic (exact) mass is 308 g/mol. The normalized spacial score (nSPS) is 11.3. The minimum Gasteiger partial charge on any atom is -0.456 e. The Balaban J connectivity index is 2.00. The Kier molecular flexibility index (Phi) is 4.44. The zero-order valence-corrected chi connectivity index (χ0v) is 12.5. The Morgan fingerprint density at radius 2 is 1.81 bits per heavy atom. The highest BCUT2D eigenvalue weighted by molar-refractivity contribution is 7.89. The van der Waals surface area contributed by atoms with Gasteiger partial charge in [-0.3, -0.25) is 4.79 Å². The van der Waals surface area contributed by atoms with Crippen LogP contribution in [0.2, 0.25) is 0 Å². The fourth-order valence-corrected chi connectivity index (χ4v) is 2.46. The molecule has 7 heteroatoms. The zero-order valence-electron chi connectivity index (χ0n) is 11.7. The molecule has 0 bridgehead atoms. The van der Waals surface area contributed by atoms with Gasteiger partial charge in [0.1, 0.15) is 5.76 Å². The largest absolute Gasteiger partial charge is 0.456 e. The molecule has 1 aromatic heterocycles. The van der Waals surface area contributed by atoms with E-state index in [-0.39, 0.29) is 16.6 Å². The summed E-state index contributed by atoms with van der Waals surface area (Å²) in [7, 11) is -2.08. The van der Waals surface area contributed by atoms with E-state index < -0.39 is 10.0 Å². The van der Waals surface area contributed by atoms with Gasteiger partial charge in [-0.25, -0.2) is 13.1 Å². The molecular formula is C14H16N2O4S.